The topological polar surface area (TPSA) is 26.0 Å². The van der Waals surface area contributed by atoms with Crippen LogP contribution in [0.25, 0.3) is 0 Å². The molecule has 0 aliphatic heterocycles. The molecule has 2 nitrogen and oxygen atoms in total. The van der Waals surface area contributed by atoms with Crippen LogP contribution in [-0.4, -0.2) is 4.98 Å². The normalized spacial score (nSPS) is 12.7. The van der Waals surface area contributed by atoms with Gasteiger partial charge in [-0.3, -0.25) is 4.98 Å². The first-order valence-electron chi connectivity index (χ1n) is 4.95. The second kappa shape index (κ2) is 4.89. The Kier molecular flexibility index (Phi) is 3.52. The largest absolute Gasteiger partial charge is 0.465 e. The Morgan fingerprint density at radius 1 is 1.38 bits per heavy atom. The van der Waals surface area contributed by atoms with Crippen LogP contribution in [0.5, 0.6) is 0 Å². The molecule has 84 valence electrons. The van der Waals surface area contributed by atoms with Crippen molar-refractivity contribution >= 4 is 23.2 Å². The Morgan fingerprint density at radius 3 is 2.81 bits per heavy atom. The number of nitrogens with zero attached hydrogens (tertiary/aromatic N) is 1. The average Bonchev–Trinajstić information content (AvgIpc) is 2.68. The van der Waals surface area contributed by atoms with E-state index in [-0.39, 0.29) is 5.38 Å². The van der Waals surface area contributed by atoms with E-state index in [2.05, 4.69) is 4.98 Å². The number of aryl methyl sites for hydroxylation is 1. The molecule has 0 saturated heterocycles. The molecule has 1 atom stereocenters. The van der Waals surface area contributed by atoms with Crippen molar-refractivity contribution in [2.24, 2.45) is 0 Å². The third-order valence-electron chi connectivity index (χ3n) is 2.33. The number of halogens is 2. The Labute approximate surface area is 104 Å². The Morgan fingerprint density at radius 2 is 2.19 bits per heavy atom. The minimum atomic E-state index is -0.200. The molecule has 2 rings (SSSR count). The molecular weight excluding hydrogens is 245 g/mol. The molecule has 2 aromatic rings. The van der Waals surface area contributed by atoms with Crippen molar-refractivity contribution in [3.63, 3.8) is 0 Å². The molecule has 0 aliphatic rings. The number of pyridine rings is 1. The van der Waals surface area contributed by atoms with E-state index in [1.54, 1.807) is 12.4 Å². The first-order chi connectivity index (χ1) is 7.66. The number of hydrogen-bond acceptors (Lipinski definition) is 2. The summed E-state index contributed by atoms with van der Waals surface area (Å²) in [6.07, 6.45) is 3.96. The predicted octanol–water partition coefficient (Wildman–Crippen LogP) is 4.16. The third-order valence-corrected chi connectivity index (χ3v) is 3.04. The smallest absolute Gasteiger partial charge is 0.122 e. The second-order valence-electron chi connectivity index (χ2n) is 3.59. The number of alkyl halides is 1. The highest BCUT2D eigenvalue weighted by Gasteiger charge is 2.14. The van der Waals surface area contributed by atoms with Crippen molar-refractivity contribution in [2.75, 3.05) is 0 Å². The Bertz CT molecular complexity index is 481. The first-order valence-corrected chi connectivity index (χ1v) is 5.77. The second-order valence-corrected chi connectivity index (χ2v) is 4.52. The summed E-state index contributed by atoms with van der Waals surface area (Å²) in [5.41, 5.74) is 0.978. The van der Waals surface area contributed by atoms with Gasteiger partial charge in [0.2, 0.25) is 0 Å². The van der Waals surface area contributed by atoms with Crippen LogP contribution < -0.4 is 0 Å². The van der Waals surface area contributed by atoms with Gasteiger partial charge >= 0.3 is 0 Å². The quantitative estimate of drug-likeness (QED) is 0.770. The maximum Gasteiger partial charge on any atom is 0.122 e. The molecule has 0 aliphatic carbocycles. The van der Waals surface area contributed by atoms with Gasteiger partial charge in [0.25, 0.3) is 0 Å². The lowest BCUT2D eigenvalue weighted by molar-refractivity contribution is 0.477. The summed E-state index contributed by atoms with van der Waals surface area (Å²) in [4.78, 5) is 3.93. The highest BCUT2D eigenvalue weighted by atomic mass is 35.5. The zero-order chi connectivity index (χ0) is 11.5. The van der Waals surface area contributed by atoms with E-state index in [1.807, 2.05) is 25.1 Å². The molecule has 16 heavy (non-hydrogen) atoms. The first kappa shape index (κ1) is 11.5. The molecule has 0 aromatic carbocycles. The fraction of sp³-hybridized carbons (Fsp3) is 0.250. The lowest BCUT2D eigenvalue weighted by atomic mass is 10.1. The molecular formula is C12H11Cl2NO. The molecule has 1 unspecified atom stereocenters. The van der Waals surface area contributed by atoms with Gasteiger partial charge in [-0.25, -0.2) is 0 Å². The van der Waals surface area contributed by atoms with Crippen LogP contribution in [0.1, 0.15) is 22.5 Å². The van der Waals surface area contributed by atoms with Crippen LogP contribution in [0, 0.1) is 6.92 Å². The van der Waals surface area contributed by atoms with E-state index >= 15 is 0 Å². The molecule has 2 heterocycles. The van der Waals surface area contributed by atoms with Gasteiger partial charge in [0, 0.05) is 12.4 Å². The molecule has 2 aromatic heterocycles. The maximum atomic E-state index is 6.25. The van der Waals surface area contributed by atoms with Crippen LogP contribution in [0.15, 0.2) is 35.0 Å². The zero-order valence-electron chi connectivity index (χ0n) is 8.78. The van der Waals surface area contributed by atoms with Crippen molar-refractivity contribution in [2.45, 2.75) is 18.7 Å². The van der Waals surface area contributed by atoms with Crippen molar-refractivity contribution in [1.82, 2.24) is 4.98 Å². The van der Waals surface area contributed by atoms with Gasteiger partial charge in [-0.15, -0.1) is 11.6 Å². The standard InChI is InChI=1S/C12H11Cl2NO/c1-8-2-3-12(16-8)10(13)6-9-4-5-15-7-11(9)14/h2-5,7,10H,6H2,1H3. The summed E-state index contributed by atoms with van der Waals surface area (Å²) in [6, 6.07) is 5.66. The van der Waals surface area contributed by atoms with Crippen LogP contribution in [-0.2, 0) is 6.42 Å². The molecule has 0 spiro atoms. The Balaban J connectivity index is 2.13. The summed E-state index contributed by atoms with van der Waals surface area (Å²) >= 11 is 12.3. The number of rotatable bonds is 3. The summed E-state index contributed by atoms with van der Waals surface area (Å²) < 4.78 is 5.47. The number of aromatic nitrogens is 1. The van der Waals surface area contributed by atoms with Crippen LogP contribution >= 0.6 is 23.2 Å². The van der Waals surface area contributed by atoms with Gasteiger partial charge in [-0.1, -0.05) is 11.6 Å². The van der Waals surface area contributed by atoms with Crippen molar-refractivity contribution in [1.29, 1.82) is 0 Å². The molecule has 0 fully saturated rings. The Hall–Kier alpha value is -0.990. The summed E-state index contributed by atoms with van der Waals surface area (Å²) in [6.45, 7) is 1.90. The monoisotopic (exact) mass is 255 g/mol. The lowest BCUT2D eigenvalue weighted by Gasteiger charge is -2.07. The highest BCUT2D eigenvalue weighted by Crippen LogP contribution is 2.28. The summed E-state index contributed by atoms with van der Waals surface area (Å²) in [7, 11) is 0. The molecule has 0 bridgehead atoms. The van der Waals surface area contributed by atoms with Gasteiger partial charge < -0.3 is 4.42 Å². The highest BCUT2D eigenvalue weighted by molar-refractivity contribution is 6.31. The van der Waals surface area contributed by atoms with Crippen molar-refractivity contribution in [3.05, 3.63) is 52.7 Å². The van der Waals surface area contributed by atoms with Gasteiger partial charge in [0.05, 0.1) is 10.4 Å². The average molecular weight is 256 g/mol. The molecule has 0 N–H and O–H groups in total. The summed E-state index contributed by atoms with van der Waals surface area (Å²) in [5, 5.41) is 0.435. The van der Waals surface area contributed by atoms with E-state index in [4.69, 9.17) is 27.6 Å². The van der Waals surface area contributed by atoms with E-state index in [0.29, 0.717) is 11.4 Å². The van der Waals surface area contributed by atoms with E-state index in [1.165, 1.54) is 0 Å². The SMILES string of the molecule is Cc1ccc(C(Cl)Cc2ccncc2Cl)o1. The molecule has 4 heteroatoms. The number of furan rings is 1. The van der Waals surface area contributed by atoms with Crippen molar-refractivity contribution in [3.8, 4) is 0 Å². The minimum absolute atomic E-state index is 0.200. The van der Waals surface area contributed by atoms with E-state index < -0.39 is 0 Å². The summed E-state index contributed by atoms with van der Waals surface area (Å²) in [5.74, 6) is 1.63. The zero-order valence-corrected chi connectivity index (χ0v) is 10.3. The van der Waals surface area contributed by atoms with E-state index in [0.717, 1.165) is 17.1 Å². The van der Waals surface area contributed by atoms with Crippen molar-refractivity contribution < 1.29 is 4.42 Å². The van der Waals surface area contributed by atoms with Crippen LogP contribution in [0.3, 0.4) is 0 Å². The number of hydrogen-bond donors (Lipinski definition) is 0. The molecule has 0 saturated carbocycles. The lowest BCUT2D eigenvalue weighted by Crippen LogP contribution is -1.95. The van der Waals surface area contributed by atoms with E-state index in [9.17, 15) is 0 Å². The van der Waals surface area contributed by atoms with Gasteiger partial charge in [0.1, 0.15) is 11.5 Å². The maximum absolute atomic E-state index is 6.25. The predicted molar refractivity (Wildman–Crippen MR) is 65.0 cm³/mol. The fourth-order valence-electron chi connectivity index (χ4n) is 1.48. The third kappa shape index (κ3) is 2.57. The molecule has 0 radical (unpaired) electrons. The van der Waals surface area contributed by atoms with Crippen LogP contribution in [0.4, 0.5) is 0 Å². The van der Waals surface area contributed by atoms with Gasteiger partial charge in [0.15, 0.2) is 0 Å². The van der Waals surface area contributed by atoms with Crippen LogP contribution in [0.2, 0.25) is 5.02 Å². The van der Waals surface area contributed by atoms with Gasteiger partial charge in [-0.05, 0) is 37.1 Å². The fourth-order valence-corrected chi connectivity index (χ4v) is 1.96. The molecule has 0 amide bonds. The van der Waals surface area contributed by atoms with Gasteiger partial charge in [-0.2, -0.15) is 0 Å². The minimum Gasteiger partial charge on any atom is -0.465 e.